The van der Waals surface area contributed by atoms with Crippen molar-refractivity contribution in [3.8, 4) is 0 Å². The first kappa shape index (κ1) is 14.8. The Kier molecular flexibility index (Phi) is 4.26. The molecule has 0 amide bonds. The number of hydrogen-bond acceptors (Lipinski definition) is 3. The Hall–Kier alpha value is -1.65. The second kappa shape index (κ2) is 5.77. The van der Waals surface area contributed by atoms with Gasteiger partial charge in [0.15, 0.2) is 0 Å². The second-order valence-corrected chi connectivity index (χ2v) is 5.27. The molecule has 0 spiro atoms. The normalized spacial score (nSPS) is 12.2. The quantitative estimate of drug-likeness (QED) is 0.853. The number of aryl methyl sites for hydroxylation is 1. The van der Waals surface area contributed by atoms with Crippen molar-refractivity contribution in [2.24, 2.45) is 0 Å². The van der Waals surface area contributed by atoms with Crippen LogP contribution in [0.5, 0.6) is 0 Å². The van der Waals surface area contributed by atoms with E-state index in [9.17, 15) is 4.79 Å². The lowest BCUT2D eigenvalue weighted by Gasteiger charge is -2.15. The number of anilines is 1. The number of halogens is 2. The van der Waals surface area contributed by atoms with E-state index in [-0.39, 0.29) is 11.8 Å². The van der Waals surface area contributed by atoms with E-state index in [2.05, 4.69) is 5.32 Å². The fourth-order valence-electron chi connectivity index (χ4n) is 1.76. The molecule has 1 aromatic heterocycles. The maximum absolute atomic E-state index is 10.8. The van der Waals surface area contributed by atoms with E-state index < -0.39 is 5.97 Å². The summed E-state index contributed by atoms with van der Waals surface area (Å²) in [5.41, 5.74) is 1.56. The minimum atomic E-state index is -1.10. The lowest BCUT2D eigenvalue weighted by Crippen LogP contribution is -2.06. The fourth-order valence-corrected chi connectivity index (χ4v) is 2.20. The molecule has 2 rings (SSSR count). The molecule has 106 valence electrons. The first-order valence-electron chi connectivity index (χ1n) is 5.93. The third-order valence-electron chi connectivity index (χ3n) is 2.88. The predicted molar refractivity (Wildman–Crippen MR) is 78.9 cm³/mol. The molecule has 0 fully saturated rings. The lowest BCUT2D eigenvalue weighted by atomic mass is 10.2. The third-order valence-corrected chi connectivity index (χ3v) is 3.60. The van der Waals surface area contributed by atoms with Gasteiger partial charge in [-0.2, -0.15) is 0 Å². The van der Waals surface area contributed by atoms with Crippen molar-refractivity contribution in [1.29, 1.82) is 0 Å². The van der Waals surface area contributed by atoms with Gasteiger partial charge in [0.25, 0.3) is 0 Å². The van der Waals surface area contributed by atoms with Gasteiger partial charge in [-0.15, -0.1) is 0 Å². The van der Waals surface area contributed by atoms with E-state index in [0.717, 1.165) is 5.56 Å². The highest BCUT2D eigenvalue weighted by atomic mass is 35.5. The minimum Gasteiger partial charge on any atom is -0.475 e. The third kappa shape index (κ3) is 3.08. The number of nitrogens with one attached hydrogen (secondary N) is 1. The van der Waals surface area contributed by atoms with E-state index in [1.807, 2.05) is 13.8 Å². The highest BCUT2D eigenvalue weighted by Gasteiger charge is 2.15. The molecule has 1 atom stereocenters. The summed E-state index contributed by atoms with van der Waals surface area (Å²) in [5.74, 6) is -0.684. The molecule has 0 saturated heterocycles. The maximum Gasteiger partial charge on any atom is 0.371 e. The summed E-state index contributed by atoms with van der Waals surface area (Å²) in [6.07, 6.45) is 0. The first-order chi connectivity index (χ1) is 9.38. The molecule has 1 unspecified atom stereocenters. The van der Waals surface area contributed by atoms with E-state index >= 15 is 0 Å². The largest absolute Gasteiger partial charge is 0.475 e. The lowest BCUT2D eigenvalue weighted by molar-refractivity contribution is 0.0660. The van der Waals surface area contributed by atoms with Gasteiger partial charge >= 0.3 is 5.97 Å². The Morgan fingerprint density at radius 1 is 1.30 bits per heavy atom. The standard InChI is InChI=1S/C14H13Cl2NO3/c1-7-5-10(16)11(6-9(7)15)17-8(2)12-3-4-13(20-12)14(18)19/h3-6,8,17H,1-2H3,(H,18,19). The summed E-state index contributed by atoms with van der Waals surface area (Å²) < 4.78 is 5.23. The number of hydrogen-bond donors (Lipinski definition) is 2. The van der Waals surface area contributed by atoms with E-state index in [0.29, 0.717) is 21.5 Å². The average molecular weight is 314 g/mol. The van der Waals surface area contributed by atoms with Crippen LogP contribution < -0.4 is 5.32 Å². The molecule has 0 saturated carbocycles. The molecule has 0 aliphatic carbocycles. The van der Waals surface area contributed by atoms with Crippen molar-refractivity contribution in [3.63, 3.8) is 0 Å². The summed E-state index contributed by atoms with van der Waals surface area (Å²) in [4.78, 5) is 10.8. The summed E-state index contributed by atoms with van der Waals surface area (Å²) in [6.45, 7) is 3.71. The SMILES string of the molecule is Cc1cc(Cl)c(NC(C)c2ccc(C(=O)O)o2)cc1Cl. The molecule has 2 aromatic rings. The number of furan rings is 1. The zero-order valence-electron chi connectivity index (χ0n) is 10.9. The monoisotopic (exact) mass is 313 g/mol. The van der Waals surface area contributed by atoms with Crippen molar-refractivity contribution in [3.05, 3.63) is 51.4 Å². The van der Waals surface area contributed by atoms with Crippen molar-refractivity contribution >= 4 is 34.9 Å². The number of carboxylic acids is 1. The van der Waals surface area contributed by atoms with Gasteiger partial charge in [0.1, 0.15) is 5.76 Å². The van der Waals surface area contributed by atoms with Crippen LogP contribution in [0.25, 0.3) is 0 Å². The molecule has 6 heteroatoms. The van der Waals surface area contributed by atoms with Gasteiger partial charge in [0.2, 0.25) is 5.76 Å². The molecule has 0 aliphatic heterocycles. The van der Waals surface area contributed by atoms with Crippen LogP contribution >= 0.6 is 23.2 Å². The smallest absolute Gasteiger partial charge is 0.371 e. The van der Waals surface area contributed by atoms with Gasteiger partial charge in [0, 0.05) is 5.02 Å². The van der Waals surface area contributed by atoms with Crippen LogP contribution in [0.15, 0.2) is 28.7 Å². The molecule has 0 radical (unpaired) electrons. The van der Waals surface area contributed by atoms with Crippen LogP contribution in [0, 0.1) is 6.92 Å². The molecule has 0 aliphatic rings. The van der Waals surface area contributed by atoms with E-state index in [4.69, 9.17) is 32.7 Å². The Bertz CT molecular complexity index is 652. The fraction of sp³-hybridized carbons (Fsp3) is 0.214. The van der Waals surface area contributed by atoms with Crippen molar-refractivity contribution in [1.82, 2.24) is 0 Å². The molecular weight excluding hydrogens is 301 g/mol. The Labute approximate surface area is 126 Å². The summed E-state index contributed by atoms with van der Waals surface area (Å²) in [6, 6.07) is 6.30. The van der Waals surface area contributed by atoms with Crippen molar-refractivity contribution in [2.75, 3.05) is 5.32 Å². The minimum absolute atomic E-state index is 0.0957. The zero-order valence-corrected chi connectivity index (χ0v) is 12.4. The molecule has 1 heterocycles. The van der Waals surface area contributed by atoms with Crippen LogP contribution in [-0.2, 0) is 0 Å². The topological polar surface area (TPSA) is 62.5 Å². The van der Waals surface area contributed by atoms with Gasteiger partial charge < -0.3 is 14.8 Å². The Morgan fingerprint density at radius 2 is 2.00 bits per heavy atom. The number of aromatic carboxylic acids is 1. The molecule has 2 N–H and O–H groups in total. The summed E-state index contributed by atoms with van der Waals surface area (Å²) >= 11 is 12.2. The van der Waals surface area contributed by atoms with Crippen LogP contribution in [0.1, 0.15) is 34.8 Å². The number of benzene rings is 1. The average Bonchev–Trinajstić information content (AvgIpc) is 2.85. The second-order valence-electron chi connectivity index (χ2n) is 4.45. The zero-order chi connectivity index (χ0) is 14.9. The van der Waals surface area contributed by atoms with Crippen LogP contribution in [-0.4, -0.2) is 11.1 Å². The van der Waals surface area contributed by atoms with Crippen molar-refractivity contribution in [2.45, 2.75) is 19.9 Å². The van der Waals surface area contributed by atoms with Crippen LogP contribution in [0.4, 0.5) is 5.69 Å². The Balaban J connectivity index is 2.20. The first-order valence-corrected chi connectivity index (χ1v) is 6.69. The number of rotatable bonds is 4. The van der Waals surface area contributed by atoms with Gasteiger partial charge in [-0.05, 0) is 43.7 Å². The molecule has 4 nitrogen and oxygen atoms in total. The van der Waals surface area contributed by atoms with Gasteiger partial charge in [-0.25, -0.2) is 4.79 Å². The highest BCUT2D eigenvalue weighted by molar-refractivity contribution is 6.35. The van der Waals surface area contributed by atoms with Gasteiger partial charge in [-0.1, -0.05) is 23.2 Å². The Morgan fingerprint density at radius 3 is 2.60 bits per heavy atom. The molecule has 20 heavy (non-hydrogen) atoms. The predicted octanol–water partition coefficient (Wildman–Crippen LogP) is 4.77. The van der Waals surface area contributed by atoms with E-state index in [1.54, 1.807) is 18.2 Å². The molecular formula is C14H13Cl2NO3. The van der Waals surface area contributed by atoms with Gasteiger partial charge in [0.05, 0.1) is 16.8 Å². The number of carboxylic acid groups (broad SMARTS) is 1. The summed E-state index contributed by atoms with van der Waals surface area (Å²) in [5, 5.41) is 13.1. The van der Waals surface area contributed by atoms with Gasteiger partial charge in [-0.3, -0.25) is 0 Å². The summed E-state index contributed by atoms with van der Waals surface area (Å²) in [7, 11) is 0. The molecule has 1 aromatic carbocycles. The molecule has 0 bridgehead atoms. The van der Waals surface area contributed by atoms with Crippen LogP contribution in [0.2, 0.25) is 10.0 Å². The van der Waals surface area contributed by atoms with Crippen molar-refractivity contribution < 1.29 is 14.3 Å². The number of carbonyl (C=O) groups is 1. The maximum atomic E-state index is 10.8. The van der Waals surface area contributed by atoms with E-state index in [1.165, 1.54) is 6.07 Å². The van der Waals surface area contributed by atoms with Crippen LogP contribution in [0.3, 0.4) is 0 Å². The highest BCUT2D eigenvalue weighted by Crippen LogP contribution is 2.31.